The molecule has 2 rings (SSSR count). The first-order valence-electron chi connectivity index (χ1n) is 5.43. The van der Waals surface area contributed by atoms with Gasteiger partial charge in [-0.3, -0.25) is 4.72 Å². The van der Waals surface area contributed by atoms with Gasteiger partial charge in [0.2, 0.25) is 0 Å². The van der Waals surface area contributed by atoms with E-state index in [2.05, 4.69) is 20.7 Å². The van der Waals surface area contributed by atoms with Gasteiger partial charge in [0.15, 0.2) is 0 Å². The lowest BCUT2D eigenvalue weighted by molar-refractivity contribution is 0.601. The predicted octanol–water partition coefficient (Wildman–Crippen LogP) is 4.21. The Labute approximate surface area is 125 Å². The Morgan fingerprint density at radius 3 is 2.47 bits per heavy atom. The number of hydrogen-bond donors (Lipinski definition) is 1. The van der Waals surface area contributed by atoms with Crippen LogP contribution in [0.3, 0.4) is 0 Å². The SMILES string of the molecule is Cc1cc(NS(=O)(=O)c2ccccc2Br)ccc1Cl. The molecule has 0 unspecified atom stereocenters. The average Bonchev–Trinajstić information content (AvgIpc) is 2.34. The smallest absolute Gasteiger partial charge is 0.263 e. The van der Waals surface area contributed by atoms with Gasteiger partial charge >= 0.3 is 0 Å². The molecule has 0 aromatic heterocycles. The van der Waals surface area contributed by atoms with Crippen molar-refractivity contribution in [2.24, 2.45) is 0 Å². The summed E-state index contributed by atoms with van der Waals surface area (Å²) in [5.74, 6) is 0. The Balaban J connectivity index is 2.37. The van der Waals surface area contributed by atoms with Crippen molar-refractivity contribution < 1.29 is 8.42 Å². The number of nitrogens with one attached hydrogen (secondary N) is 1. The van der Waals surface area contributed by atoms with E-state index in [4.69, 9.17) is 11.6 Å². The number of rotatable bonds is 3. The van der Waals surface area contributed by atoms with Gasteiger partial charge in [-0.15, -0.1) is 0 Å². The molecule has 0 aliphatic carbocycles. The van der Waals surface area contributed by atoms with Crippen LogP contribution < -0.4 is 4.72 Å². The molecule has 6 heteroatoms. The van der Waals surface area contributed by atoms with Crippen LogP contribution in [-0.4, -0.2) is 8.42 Å². The van der Waals surface area contributed by atoms with Crippen LogP contribution in [0, 0.1) is 6.92 Å². The molecule has 100 valence electrons. The minimum atomic E-state index is -3.61. The maximum absolute atomic E-state index is 12.2. The van der Waals surface area contributed by atoms with Gasteiger partial charge in [0, 0.05) is 15.2 Å². The molecular formula is C13H11BrClNO2S. The lowest BCUT2D eigenvalue weighted by Crippen LogP contribution is -2.13. The van der Waals surface area contributed by atoms with Crippen molar-refractivity contribution in [2.75, 3.05) is 4.72 Å². The van der Waals surface area contributed by atoms with Gasteiger partial charge in [0.1, 0.15) is 4.90 Å². The zero-order chi connectivity index (χ0) is 14.0. The summed E-state index contributed by atoms with van der Waals surface area (Å²) in [6.45, 7) is 1.82. The van der Waals surface area contributed by atoms with Crippen LogP contribution in [0.2, 0.25) is 5.02 Å². The standard InChI is InChI=1S/C13H11BrClNO2S/c1-9-8-10(6-7-12(9)15)16-19(17,18)13-5-3-2-4-11(13)14/h2-8,16H,1H3. The highest BCUT2D eigenvalue weighted by Gasteiger charge is 2.17. The van der Waals surface area contributed by atoms with Crippen LogP contribution in [0.25, 0.3) is 0 Å². The second-order valence-corrected chi connectivity index (χ2v) is 6.91. The van der Waals surface area contributed by atoms with Crippen molar-refractivity contribution in [2.45, 2.75) is 11.8 Å². The maximum Gasteiger partial charge on any atom is 0.263 e. The molecule has 0 atom stereocenters. The molecule has 0 bridgehead atoms. The number of sulfonamides is 1. The zero-order valence-electron chi connectivity index (χ0n) is 10.0. The molecule has 0 spiro atoms. The van der Waals surface area contributed by atoms with Crippen molar-refractivity contribution in [3.8, 4) is 0 Å². The van der Waals surface area contributed by atoms with Crippen molar-refractivity contribution in [1.82, 2.24) is 0 Å². The molecule has 0 amide bonds. The molecule has 19 heavy (non-hydrogen) atoms. The molecule has 1 N–H and O–H groups in total. The molecule has 0 aliphatic rings. The monoisotopic (exact) mass is 359 g/mol. The second-order valence-electron chi connectivity index (χ2n) is 4.00. The summed E-state index contributed by atoms with van der Waals surface area (Å²) in [5, 5.41) is 0.601. The van der Waals surface area contributed by atoms with Gasteiger partial charge in [-0.1, -0.05) is 23.7 Å². The number of benzene rings is 2. The molecule has 0 radical (unpaired) electrons. The molecule has 3 nitrogen and oxygen atoms in total. The lowest BCUT2D eigenvalue weighted by Gasteiger charge is -2.10. The molecule has 0 saturated carbocycles. The van der Waals surface area contributed by atoms with Crippen LogP contribution in [0.1, 0.15) is 5.56 Å². The van der Waals surface area contributed by atoms with E-state index in [0.717, 1.165) is 5.56 Å². The van der Waals surface area contributed by atoms with Crippen molar-refractivity contribution in [3.63, 3.8) is 0 Å². The highest BCUT2D eigenvalue weighted by Crippen LogP contribution is 2.25. The Morgan fingerprint density at radius 1 is 1.16 bits per heavy atom. The van der Waals surface area contributed by atoms with Gasteiger partial charge in [-0.25, -0.2) is 8.42 Å². The fourth-order valence-electron chi connectivity index (χ4n) is 1.58. The third kappa shape index (κ3) is 3.29. The summed E-state index contributed by atoms with van der Waals surface area (Å²) in [6, 6.07) is 11.6. The molecule has 0 saturated heterocycles. The summed E-state index contributed by atoms with van der Waals surface area (Å²) in [7, 11) is -3.61. The number of halogens is 2. The Hall–Kier alpha value is -1.04. The van der Waals surface area contributed by atoms with E-state index in [0.29, 0.717) is 15.2 Å². The topological polar surface area (TPSA) is 46.2 Å². The molecule has 0 aliphatic heterocycles. The summed E-state index contributed by atoms with van der Waals surface area (Å²) in [6.07, 6.45) is 0. The molecule has 2 aromatic rings. The van der Waals surface area contributed by atoms with Gasteiger partial charge in [-0.05, 0) is 58.7 Å². The normalized spacial score (nSPS) is 11.3. The third-order valence-corrected chi connectivity index (χ3v) is 5.35. The van der Waals surface area contributed by atoms with Crippen LogP contribution in [0.4, 0.5) is 5.69 Å². The lowest BCUT2D eigenvalue weighted by atomic mass is 10.2. The van der Waals surface area contributed by atoms with Gasteiger partial charge in [0.25, 0.3) is 10.0 Å². The first-order chi connectivity index (χ1) is 8.90. The number of anilines is 1. The van der Waals surface area contributed by atoms with Crippen LogP contribution >= 0.6 is 27.5 Å². The second kappa shape index (κ2) is 5.53. The van der Waals surface area contributed by atoms with Crippen molar-refractivity contribution in [1.29, 1.82) is 0 Å². The molecule has 0 heterocycles. The van der Waals surface area contributed by atoms with Crippen LogP contribution in [0.15, 0.2) is 51.8 Å². The van der Waals surface area contributed by atoms with E-state index >= 15 is 0 Å². The van der Waals surface area contributed by atoms with E-state index in [1.807, 2.05) is 6.92 Å². The Morgan fingerprint density at radius 2 is 1.84 bits per heavy atom. The number of aryl methyl sites for hydroxylation is 1. The zero-order valence-corrected chi connectivity index (χ0v) is 13.2. The number of hydrogen-bond acceptors (Lipinski definition) is 2. The van der Waals surface area contributed by atoms with E-state index in [9.17, 15) is 8.42 Å². The average molecular weight is 361 g/mol. The summed E-state index contributed by atoms with van der Waals surface area (Å²) in [4.78, 5) is 0.197. The largest absolute Gasteiger partial charge is 0.280 e. The van der Waals surface area contributed by atoms with Crippen molar-refractivity contribution in [3.05, 3.63) is 57.5 Å². The minimum Gasteiger partial charge on any atom is -0.280 e. The van der Waals surface area contributed by atoms with E-state index < -0.39 is 10.0 Å². The van der Waals surface area contributed by atoms with Crippen LogP contribution in [-0.2, 0) is 10.0 Å². The van der Waals surface area contributed by atoms with Gasteiger partial charge in [0.05, 0.1) is 0 Å². The minimum absolute atomic E-state index is 0.197. The fraction of sp³-hybridized carbons (Fsp3) is 0.0769. The van der Waals surface area contributed by atoms with E-state index in [-0.39, 0.29) is 4.90 Å². The molecule has 2 aromatic carbocycles. The first kappa shape index (κ1) is 14.4. The quantitative estimate of drug-likeness (QED) is 0.891. The predicted molar refractivity (Wildman–Crippen MR) is 81.1 cm³/mol. The summed E-state index contributed by atoms with van der Waals surface area (Å²) < 4.78 is 27.5. The van der Waals surface area contributed by atoms with Crippen molar-refractivity contribution >= 4 is 43.2 Å². The molecule has 0 fully saturated rings. The Bertz CT molecular complexity index is 716. The molecular weight excluding hydrogens is 350 g/mol. The van der Waals surface area contributed by atoms with Crippen LogP contribution in [0.5, 0.6) is 0 Å². The highest BCUT2D eigenvalue weighted by molar-refractivity contribution is 9.10. The maximum atomic E-state index is 12.2. The third-order valence-electron chi connectivity index (χ3n) is 2.54. The summed E-state index contributed by atoms with van der Waals surface area (Å²) >= 11 is 9.14. The summed E-state index contributed by atoms with van der Waals surface area (Å²) in [5.41, 5.74) is 1.30. The first-order valence-corrected chi connectivity index (χ1v) is 8.09. The Kier molecular flexibility index (Phi) is 4.18. The fourth-order valence-corrected chi connectivity index (χ4v) is 3.75. The van der Waals surface area contributed by atoms with E-state index in [1.165, 1.54) is 6.07 Å². The van der Waals surface area contributed by atoms with Gasteiger partial charge < -0.3 is 0 Å². The van der Waals surface area contributed by atoms with Gasteiger partial charge in [-0.2, -0.15) is 0 Å². The highest BCUT2D eigenvalue weighted by atomic mass is 79.9. The van der Waals surface area contributed by atoms with E-state index in [1.54, 1.807) is 36.4 Å².